The van der Waals surface area contributed by atoms with E-state index < -0.39 is 73.9 Å². The van der Waals surface area contributed by atoms with E-state index in [-0.39, 0.29) is 102 Å². The van der Waals surface area contributed by atoms with Gasteiger partial charge < -0.3 is 52.3 Å². The van der Waals surface area contributed by atoms with Gasteiger partial charge >= 0.3 is 113 Å². The molecule has 12 N–H and O–H groups in total. The molecule has 0 fully saturated rings. The van der Waals surface area contributed by atoms with Crippen molar-refractivity contribution in [3.05, 3.63) is 0 Å². The van der Waals surface area contributed by atoms with Gasteiger partial charge in [0.2, 0.25) is 0 Å². The van der Waals surface area contributed by atoms with Crippen molar-refractivity contribution in [2.75, 3.05) is 52.4 Å². The average Bonchev–Trinajstić information content (AvgIpc) is 2.68. The Bertz CT molecular complexity index is 642. The van der Waals surface area contributed by atoms with Crippen molar-refractivity contribution in [3.63, 3.8) is 0 Å². The standard InChI is InChI=1S/C10H16N2O8.C2H8N2.4C2H4O2.3Na.3H/c13-7(14)3-11(4-8(15)16)1-2-12(5-9(17)18)6-10(19)20;3-1-2-4;4*1-2(3)4;;;;;;/h1-6H2,(H,13,14)(H,15,16)(H,17,18)(H,19,20);1-4H2;4*1H3,(H,3,4);;;;;;. The van der Waals surface area contributed by atoms with Crippen LogP contribution in [0.3, 0.4) is 0 Å². The van der Waals surface area contributed by atoms with Crippen LogP contribution in [0.2, 0.25) is 0 Å². The van der Waals surface area contributed by atoms with Crippen LogP contribution in [-0.4, -0.2) is 239 Å². The molecule has 20 nitrogen and oxygen atoms in total. The number of nitrogens with zero attached hydrogens (tertiary/aromatic N) is 2. The Hall–Kier alpha value is -1.40. The minimum absolute atomic E-state index is 0. The summed E-state index contributed by atoms with van der Waals surface area (Å²) in [4.78, 5) is 80.4. The third kappa shape index (κ3) is 143. The zero-order valence-corrected chi connectivity index (χ0v) is 22.5. The third-order valence-electron chi connectivity index (χ3n) is 2.33. The van der Waals surface area contributed by atoms with Crippen LogP contribution in [0.4, 0.5) is 0 Å². The summed E-state index contributed by atoms with van der Waals surface area (Å²) in [7, 11) is 0. The summed E-state index contributed by atoms with van der Waals surface area (Å²) >= 11 is 0. The number of hydrogen-bond donors (Lipinski definition) is 10. The van der Waals surface area contributed by atoms with Crippen molar-refractivity contribution in [3.8, 4) is 0 Å². The van der Waals surface area contributed by atoms with E-state index in [1.165, 1.54) is 0 Å². The summed E-state index contributed by atoms with van der Waals surface area (Å²) in [5.74, 6) is -8.24. The van der Waals surface area contributed by atoms with Gasteiger partial charge in [0.1, 0.15) is 0 Å². The first-order chi connectivity index (χ1) is 18.0. The Balaban J connectivity index is -0.0000000588. The molecule has 0 heterocycles. The monoisotopic (exact) mass is 664 g/mol. The fourth-order valence-corrected chi connectivity index (χ4v) is 1.48. The van der Waals surface area contributed by atoms with Gasteiger partial charge in [-0.15, -0.1) is 0 Å². The number of carboxylic acid groups (broad SMARTS) is 8. The Morgan fingerprint density at radius 2 is 0.535 bits per heavy atom. The molecular formula is C20H43N4Na3O16. The SMILES string of the molecule is CC(=O)O.CC(=O)O.CC(=O)O.CC(=O)O.NCCN.O=C(O)CN(CCN(CC(=O)O)CC(=O)O)CC(=O)O.[NaH].[NaH].[NaH]. The molecule has 23 heteroatoms. The Morgan fingerprint density at radius 1 is 0.419 bits per heavy atom. The third-order valence-corrected chi connectivity index (χ3v) is 2.33. The van der Waals surface area contributed by atoms with Crippen molar-refractivity contribution in [2.24, 2.45) is 11.5 Å². The van der Waals surface area contributed by atoms with E-state index >= 15 is 0 Å². The molecule has 242 valence electrons. The summed E-state index contributed by atoms with van der Waals surface area (Å²) in [5.41, 5.74) is 9.81. The molecule has 0 aromatic heterocycles. The maximum absolute atomic E-state index is 10.6. The molecule has 0 saturated heterocycles. The first kappa shape index (κ1) is 64.5. The van der Waals surface area contributed by atoms with E-state index in [0.29, 0.717) is 13.1 Å². The van der Waals surface area contributed by atoms with E-state index in [2.05, 4.69) is 0 Å². The summed E-state index contributed by atoms with van der Waals surface area (Å²) < 4.78 is 0. The summed E-state index contributed by atoms with van der Waals surface area (Å²) in [6, 6.07) is 0. The van der Waals surface area contributed by atoms with E-state index in [1.54, 1.807) is 0 Å². The predicted octanol–water partition coefficient (Wildman–Crippen LogP) is -4.75. The number of hydrogen-bond acceptors (Lipinski definition) is 12. The van der Waals surface area contributed by atoms with Crippen LogP contribution in [0.25, 0.3) is 0 Å². The van der Waals surface area contributed by atoms with Crippen molar-refractivity contribution in [1.82, 2.24) is 9.80 Å². The number of nitrogens with two attached hydrogens (primary N) is 2. The molecule has 0 saturated carbocycles. The van der Waals surface area contributed by atoms with E-state index in [0.717, 1.165) is 37.5 Å². The molecule has 0 radical (unpaired) electrons. The molecule has 0 spiro atoms. The molecule has 0 amide bonds. The van der Waals surface area contributed by atoms with Crippen LogP contribution < -0.4 is 11.5 Å². The number of rotatable bonds is 12. The molecule has 0 rings (SSSR count). The molecule has 0 atom stereocenters. The molecule has 0 aliphatic rings. The normalized spacial score (nSPS) is 8.00. The van der Waals surface area contributed by atoms with E-state index in [4.69, 9.17) is 71.5 Å². The number of carbonyl (C=O) groups is 8. The quantitative estimate of drug-likeness (QED) is 0.0875. The van der Waals surface area contributed by atoms with Gasteiger partial charge in [0.25, 0.3) is 23.9 Å². The molecule has 0 aliphatic carbocycles. The van der Waals surface area contributed by atoms with Gasteiger partial charge in [0, 0.05) is 53.9 Å². The predicted molar refractivity (Wildman–Crippen MR) is 156 cm³/mol. The molecule has 0 bridgehead atoms. The summed E-state index contributed by atoms with van der Waals surface area (Å²) in [6.07, 6.45) is 0. The molecular weight excluding hydrogens is 621 g/mol. The van der Waals surface area contributed by atoms with Crippen molar-refractivity contribution in [2.45, 2.75) is 27.7 Å². The summed E-state index contributed by atoms with van der Waals surface area (Å²) in [6.45, 7) is 3.28. The number of aliphatic carboxylic acids is 8. The van der Waals surface area contributed by atoms with Gasteiger partial charge in [-0.05, 0) is 0 Å². The zero-order chi connectivity index (χ0) is 33.4. The Morgan fingerprint density at radius 3 is 0.605 bits per heavy atom. The Kier molecular flexibility index (Phi) is 71.3. The second-order valence-electron chi connectivity index (χ2n) is 6.65. The van der Waals surface area contributed by atoms with Gasteiger partial charge in [-0.25, -0.2) is 0 Å². The Labute approximate surface area is 314 Å². The average molecular weight is 665 g/mol. The van der Waals surface area contributed by atoms with Gasteiger partial charge in [-0.1, -0.05) is 0 Å². The van der Waals surface area contributed by atoms with Crippen LogP contribution in [0.5, 0.6) is 0 Å². The van der Waals surface area contributed by atoms with Crippen LogP contribution in [0.15, 0.2) is 0 Å². The van der Waals surface area contributed by atoms with Crippen molar-refractivity contribution < 1.29 is 79.2 Å². The topological polar surface area (TPSA) is 357 Å². The zero-order valence-electron chi connectivity index (χ0n) is 22.5. The van der Waals surface area contributed by atoms with Crippen molar-refractivity contribution >= 4 is 136 Å². The molecule has 0 aliphatic heterocycles. The van der Waals surface area contributed by atoms with Crippen LogP contribution in [0.1, 0.15) is 27.7 Å². The van der Waals surface area contributed by atoms with Crippen LogP contribution in [0, 0.1) is 0 Å². The molecule has 43 heavy (non-hydrogen) atoms. The van der Waals surface area contributed by atoms with E-state index in [9.17, 15) is 19.2 Å². The molecule has 0 unspecified atom stereocenters. The summed E-state index contributed by atoms with van der Waals surface area (Å²) in [5, 5.41) is 64.1. The number of carboxylic acids is 8. The van der Waals surface area contributed by atoms with Gasteiger partial charge in [-0.3, -0.25) is 48.2 Å². The van der Waals surface area contributed by atoms with Crippen LogP contribution in [-0.2, 0) is 38.4 Å². The van der Waals surface area contributed by atoms with Gasteiger partial charge in [-0.2, -0.15) is 0 Å². The first-order valence-electron chi connectivity index (χ1n) is 10.5. The maximum atomic E-state index is 10.6. The molecule has 0 aromatic rings. The van der Waals surface area contributed by atoms with Crippen molar-refractivity contribution in [1.29, 1.82) is 0 Å². The van der Waals surface area contributed by atoms with Gasteiger partial charge in [0.05, 0.1) is 26.2 Å². The second-order valence-corrected chi connectivity index (χ2v) is 6.65. The van der Waals surface area contributed by atoms with Gasteiger partial charge in [0.15, 0.2) is 0 Å². The first-order valence-corrected chi connectivity index (χ1v) is 10.5. The molecule has 0 aromatic carbocycles. The fourth-order valence-electron chi connectivity index (χ4n) is 1.48. The fraction of sp³-hybridized carbons (Fsp3) is 0.600. The second kappa shape index (κ2) is 47.5. The van der Waals surface area contributed by atoms with Crippen LogP contribution >= 0.6 is 0 Å². The van der Waals surface area contributed by atoms with E-state index in [1.807, 2.05) is 0 Å². The minimum atomic E-state index is -1.23.